The smallest absolute Gasteiger partial charge is 0.243 e. The molecule has 3 rings (SSSR count). The molecule has 9 heteroatoms. The van der Waals surface area contributed by atoms with Crippen molar-refractivity contribution in [3.63, 3.8) is 0 Å². The van der Waals surface area contributed by atoms with Crippen LogP contribution >= 0.6 is 11.8 Å². The van der Waals surface area contributed by atoms with Crippen LogP contribution in [0.2, 0.25) is 0 Å². The number of benzene rings is 1. The van der Waals surface area contributed by atoms with E-state index < -0.39 is 0 Å². The zero-order valence-corrected chi connectivity index (χ0v) is 17.6. The highest BCUT2D eigenvalue weighted by Crippen LogP contribution is 2.33. The van der Waals surface area contributed by atoms with Gasteiger partial charge in [0, 0.05) is 18.2 Å². The molecule has 0 unspecified atom stereocenters. The number of aromatic nitrogens is 3. The Morgan fingerprint density at radius 1 is 1.17 bits per heavy atom. The van der Waals surface area contributed by atoms with Gasteiger partial charge in [-0.2, -0.15) is 0 Å². The standard InChI is InChI=1S/C21H26FN5O2S/c1-2-12-27-20(15-6-4-3-5-7-15)25-26-21(27)30-14-19(29)23-13-18(28)24-17-10-8-16(22)9-11-17/h2,8-11,15H,1,3-7,12-14H2,(H,23,29)(H,24,28). The molecule has 2 N–H and O–H groups in total. The molecule has 2 aromatic rings. The number of nitrogens with zero attached hydrogens (tertiary/aromatic N) is 3. The summed E-state index contributed by atoms with van der Waals surface area (Å²) in [4.78, 5) is 24.1. The van der Waals surface area contributed by atoms with Crippen LogP contribution in [0.3, 0.4) is 0 Å². The predicted molar refractivity (Wildman–Crippen MR) is 115 cm³/mol. The number of thioether (sulfide) groups is 1. The topological polar surface area (TPSA) is 88.9 Å². The zero-order valence-electron chi connectivity index (χ0n) is 16.8. The quantitative estimate of drug-likeness (QED) is 0.469. The number of carbonyl (C=O) groups is 2. The monoisotopic (exact) mass is 431 g/mol. The first kappa shape index (κ1) is 22.0. The molecule has 0 saturated heterocycles. The Hall–Kier alpha value is -2.68. The second kappa shape index (κ2) is 10.9. The molecule has 1 fully saturated rings. The molecule has 1 heterocycles. The summed E-state index contributed by atoms with van der Waals surface area (Å²) in [5.41, 5.74) is 0.470. The summed E-state index contributed by atoms with van der Waals surface area (Å²) in [5, 5.41) is 14.5. The van der Waals surface area contributed by atoms with Gasteiger partial charge in [0.1, 0.15) is 11.6 Å². The van der Waals surface area contributed by atoms with Crippen LogP contribution in [0.15, 0.2) is 42.1 Å². The third-order valence-electron chi connectivity index (χ3n) is 4.93. The molecule has 0 atom stereocenters. The molecule has 1 aliphatic rings. The normalized spacial score (nSPS) is 14.3. The molecule has 160 valence electrons. The Kier molecular flexibility index (Phi) is 8.01. The maximum atomic E-state index is 12.9. The Bertz CT molecular complexity index is 878. The van der Waals surface area contributed by atoms with Crippen LogP contribution in [0.25, 0.3) is 0 Å². The van der Waals surface area contributed by atoms with Gasteiger partial charge in [0.15, 0.2) is 5.16 Å². The summed E-state index contributed by atoms with van der Waals surface area (Å²) in [5.74, 6) is 0.468. The van der Waals surface area contributed by atoms with E-state index in [-0.39, 0.29) is 29.9 Å². The van der Waals surface area contributed by atoms with Gasteiger partial charge in [-0.15, -0.1) is 16.8 Å². The van der Waals surface area contributed by atoms with E-state index in [1.807, 2.05) is 4.57 Å². The number of amides is 2. The molecule has 1 aromatic carbocycles. The van der Waals surface area contributed by atoms with E-state index in [0.717, 1.165) is 18.7 Å². The Morgan fingerprint density at radius 2 is 1.90 bits per heavy atom. The molecule has 0 spiro atoms. The fourth-order valence-electron chi connectivity index (χ4n) is 3.47. The molecule has 1 aromatic heterocycles. The number of hydrogen-bond donors (Lipinski definition) is 2. The molecule has 0 radical (unpaired) electrons. The van der Waals surface area contributed by atoms with Crippen molar-refractivity contribution < 1.29 is 14.0 Å². The van der Waals surface area contributed by atoms with Crippen molar-refractivity contribution in [1.82, 2.24) is 20.1 Å². The minimum absolute atomic E-state index is 0.129. The zero-order chi connectivity index (χ0) is 21.3. The first-order valence-corrected chi connectivity index (χ1v) is 11.0. The number of nitrogens with one attached hydrogen (secondary N) is 2. The van der Waals surface area contributed by atoms with E-state index in [2.05, 4.69) is 27.4 Å². The summed E-state index contributed by atoms with van der Waals surface area (Å²) < 4.78 is 14.9. The molecule has 1 aliphatic carbocycles. The highest BCUT2D eigenvalue weighted by molar-refractivity contribution is 7.99. The van der Waals surface area contributed by atoms with Gasteiger partial charge in [-0.05, 0) is 37.1 Å². The molecule has 30 heavy (non-hydrogen) atoms. The molecule has 0 bridgehead atoms. The minimum atomic E-state index is -0.380. The van der Waals surface area contributed by atoms with E-state index in [1.165, 1.54) is 55.3 Å². The third kappa shape index (κ3) is 6.16. The number of carbonyl (C=O) groups excluding carboxylic acids is 2. The Labute approximate surface area is 179 Å². The lowest BCUT2D eigenvalue weighted by Crippen LogP contribution is -2.34. The maximum Gasteiger partial charge on any atom is 0.243 e. The van der Waals surface area contributed by atoms with E-state index >= 15 is 0 Å². The summed E-state index contributed by atoms with van der Waals surface area (Å²) in [6.07, 6.45) is 7.71. The number of rotatable bonds is 9. The van der Waals surface area contributed by atoms with Crippen molar-refractivity contribution in [2.45, 2.75) is 49.7 Å². The van der Waals surface area contributed by atoms with Gasteiger partial charge in [-0.25, -0.2) is 4.39 Å². The van der Waals surface area contributed by atoms with E-state index in [0.29, 0.717) is 23.3 Å². The van der Waals surface area contributed by atoms with Crippen LogP contribution in [-0.2, 0) is 16.1 Å². The molecule has 0 aliphatic heterocycles. The van der Waals surface area contributed by atoms with Gasteiger partial charge in [-0.1, -0.05) is 37.1 Å². The van der Waals surface area contributed by atoms with Crippen molar-refractivity contribution in [2.24, 2.45) is 0 Å². The van der Waals surface area contributed by atoms with Gasteiger partial charge in [0.05, 0.1) is 12.3 Å². The summed E-state index contributed by atoms with van der Waals surface area (Å²) >= 11 is 1.29. The van der Waals surface area contributed by atoms with Crippen LogP contribution in [0, 0.1) is 5.82 Å². The number of anilines is 1. The molecule has 7 nitrogen and oxygen atoms in total. The Balaban J connectivity index is 1.49. The van der Waals surface area contributed by atoms with Crippen molar-refractivity contribution in [3.8, 4) is 0 Å². The van der Waals surface area contributed by atoms with Crippen LogP contribution in [0.4, 0.5) is 10.1 Å². The van der Waals surface area contributed by atoms with Crippen LogP contribution in [-0.4, -0.2) is 38.9 Å². The lowest BCUT2D eigenvalue weighted by atomic mass is 9.89. The summed E-state index contributed by atoms with van der Waals surface area (Å²) in [6.45, 7) is 4.25. The number of allylic oxidation sites excluding steroid dienone is 1. The largest absolute Gasteiger partial charge is 0.346 e. The predicted octanol–water partition coefficient (Wildman–Crippen LogP) is 3.50. The highest BCUT2D eigenvalue weighted by Gasteiger charge is 2.23. The first-order chi connectivity index (χ1) is 14.6. The van der Waals surface area contributed by atoms with E-state index in [4.69, 9.17) is 0 Å². The second-order valence-corrected chi connectivity index (χ2v) is 8.14. The van der Waals surface area contributed by atoms with Crippen molar-refractivity contribution in [1.29, 1.82) is 0 Å². The van der Waals surface area contributed by atoms with Crippen LogP contribution < -0.4 is 10.6 Å². The second-order valence-electron chi connectivity index (χ2n) is 7.20. The third-order valence-corrected chi connectivity index (χ3v) is 5.90. The van der Waals surface area contributed by atoms with Crippen molar-refractivity contribution in [3.05, 3.63) is 48.6 Å². The molecule has 1 saturated carbocycles. The average Bonchev–Trinajstić information content (AvgIpc) is 3.16. The van der Waals surface area contributed by atoms with E-state index in [1.54, 1.807) is 6.08 Å². The highest BCUT2D eigenvalue weighted by atomic mass is 32.2. The molecule has 2 amide bonds. The minimum Gasteiger partial charge on any atom is -0.346 e. The van der Waals surface area contributed by atoms with Crippen LogP contribution in [0.1, 0.15) is 43.8 Å². The fraction of sp³-hybridized carbons (Fsp3) is 0.429. The lowest BCUT2D eigenvalue weighted by Gasteiger charge is -2.21. The van der Waals surface area contributed by atoms with Crippen molar-refractivity contribution >= 4 is 29.3 Å². The Morgan fingerprint density at radius 3 is 2.60 bits per heavy atom. The van der Waals surface area contributed by atoms with Gasteiger partial charge in [0.2, 0.25) is 11.8 Å². The SMILES string of the molecule is C=CCn1c(SCC(=O)NCC(=O)Nc2ccc(F)cc2)nnc1C1CCCCC1. The number of hydrogen-bond acceptors (Lipinski definition) is 5. The van der Waals surface area contributed by atoms with Gasteiger partial charge in [-0.3, -0.25) is 9.59 Å². The van der Waals surface area contributed by atoms with E-state index in [9.17, 15) is 14.0 Å². The van der Waals surface area contributed by atoms with Crippen molar-refractivity contribution in [2.75, 3.05) is 17.6 Å². The number of halogens is 1. The van der Waals surface area contributed by atoms with Gasteiger partial charge >= 0.3 is 0 Å². The lowest BCUT2D eigenvalue weighted by molar-refractivity contribution is -0.122. The van der Waals surface area contributed by atoms with Gasteiger partial charge < -0.3 is 15.2 Å². The summed E-state index contributed by atoms with van der Waals surface area (Å²) in [6, 6.07) is 5.43. The fourth-order valence-corrected chi connectivity index (χ4v) is 4.25. The summed E-state index contributed by atoms with van der Waals surface area (Å²) in [7, 11) is 0. The molecular formula is C21H26FN5O2S. The van der Waals surface area contributed by atoms with Crippen LogP contribution in [0.5, 0.6) is 0 Å². The van der Waals surface area contributed by atoms with Gasteiger partial charge in [0.25, 0.3) is 0 Å². The molecular weight excluding hydrogens is 405 g/mol. The maximum absolute atomic E-state index is 12.9. The average molecular weight is 432 g/mol. The first-order valence-electron chi connectivity index (χ1n) is 10.1.